The maximum absolute atomic E-state index is 11.2. The number of nitrogens with zero attached hydrogens (tertiary/aromatic N) is 1. The molecule has 5 nitrogen and oxygen atoms in total. The quantitative estimate of drug-likeness (QED) is 0.759. The number of hydrogen-bond donors (Lipinski definition) is 3. The minimum Gasteiger partial charge on any atom is -0.508 e. The molecule has 4 N–H and O–H groups in total. The summed E-state index contributed by atoms with van der Waals surface area (Å²) in [5.41, 5.74) is 6.58. The lowest BCUT2D eigenvalue weighted by atomic mass is 10.2. The van der Waals surface area contributed by atoms with Gasteiger partial charge in [-0.05, 0) is 29.8 Å². The number of carbonyl (C=O) groups excluding carboxylic acids is 1. The number of phenolic OH excluding ortho intramolecular Hbond substituents is 1. The number of amides is 1. The van der Waals surface area contributed by atoms with E-state index < -0.39 is 5.91 Å². The van der Waals surface area contributed by atoms with E-state index in [2.05, 4.69) is 10.3 Å². The number of nitrogens with one attached hydrogen (secondary N) is 1. The fourth-order valence-electron chi connectivity index (χ4n) is 1.54. The Bertz CT molecular complexity index is 552. The van der Waals surface area contributed by atoms with Crippen LogP contribution in [0.5, 0.6) is 5.75 Å². The molecule has 5 heteroatoms. The molecule has 1 amide bonds. The highest BCUT2D eigenvalue weighted by atomic mass is 16.3. The zero-order valence-electron chi connectivity index (χ0n) is 9.63. The molecule has 92 valence electrons. The van der Waals surface area contributed by atoms with E-state index in [0.717, 1.165) is 5.56 Å². The molecule has 0 spiro atoms. The minimum atomic E-state index is -0.517. The van der Waals surface area contributed by atoms with Crippen LogP contribution in [0.1, 0.15) is 15.9 Å². The van der Waals surface area contributed by atoms with Crippen molar-refractivity contribution in [3.8, 4) is 5.75 Å². The zero-order chi connectivity index (χ0) is 13.0. The monoisotopic (exact) mass is 243 g/mol. The first-order valence-corrected chi connectivity index (χ1v) is 5.43. The van der Waals surface area contributed by atoms with Crippen molar-refractivity contribution < 1.29 is 9.90 Å². The number of benzene rings is 1. The van der Waals surface area contributed by atoms with Crippen LogP contribution in [0.15, 0.2) is 42.6 Å². The van der Waals surface area contributed by atoms with Crippen molar-refractivity contribution >= 4 is 11.7 Å². The molecule has 0 bridgehead atoms. The fourth-order valence-corrected chi connectivity index (χ4v) is 1.54. The van der Waals surface area contributed by atoms with E-state index in [1.165, 1.54) is 0 Å². The van der Waals surface area contributed by atoms with Crippen LogP contribution in [0.25, 0.3) is 0 Å². The second-order valence-corrected chi connectivity index (χ2v) is 3.78. The Kier molecular flexibility index (Phi) is 3.43. The molecule has 0 unspecified atom stereocenters. The Balaban J connectivity index is 2.10. The third kappa shape index (κ3) is 2.76. The molecular weight excluding hydrogens is 230 g/mol. The number of pyridine rings is 1. The van der Waals surface area contributed by atoms with Crippen molar-refractivity contribution in [2.45, 2.75) is 6.54 Å². The van der Waals surface area contributed by atoms with E-state index in [1.807, 2.05) is 0 Å². The van der Waals surface area contributed by atoms with Gasteiger partial charge < -0.3 is 16.2 Å². The van der Waals surface area contributed by atoms with Crippen molar-refractivity contribution in [2.24, 2.45) is 5.73 Å². The summed E-state index contributed by atoms with van der Waals surface area (Å²) in [5, 5.41) is 12.2. The number of primary amides is 1. The molecule has 1 aromatic carbocycles. The first-order valence-electron chi connectivity index (χ1n) is 5.43. The Morgan fingerprint density at radius 2 is 2.00 bits per heavy atom. The predicted molar refractivity (Wildman–Crippen MR) is 68.2 cm³/mol. The number of carbonyl (C=O) groups is 1. The van der Waals surface area contributed by atoms with Gasteiger partial charge in [0.1, 0.15) is 11.6 Å². The molecule has 2 rings (SSSR count). The molecule has 0 saturated carbocycles. The minimum absolute atomic E-state index is 0.217. The topological polar surface area (TPSA) is 88.2 Å². The number of hydrogen-bond acceptors (Lipinski definition) is 4. The average molecular weight is 243 g/mol. The molecule has 0 fully saturated rings. The Hall–Kier alpha value is -2.56. The van der Waals surface area contributed by atoms with E-state index in [0.29, 0.717) is 17.9 Å². The molecule has 0 aliphatic rings. The van der Waals surface area contributed by atoms with Crippen molar-refractivity contribution in [1.82, 2.24) is 4.98 Å². The van der Waals surface area contributed by atoms with E-state index >= 15 is 0 Å². The summed E-state index contributed by atoms with van der Waals surface area (Å²) in [4.78, 5) is 15.3. The van der Waals surface area contributed by atoms with Crippen molar-refractivity contribution in [2.75, 3.05) is 5.32 Å². The van der Waals surface area contributed by atoms with Crippen LogP contribution in [0.3, 0.4) is 0 Å². The molecule has 18 heavy (non-hydrogen) atoms. The van der Waals surface area contributed by atoms with Gasteiger partial charge in [0.15, 0.2) is 0 Å². The molecule has 0 aliphatic heterocycles. The second kappa shape index (κ2) is 5.18. The number of nitrogens with two attached hydrogens (primary N) is 1. The van der Waals surface area contributed by atoms with E-state index in [9.17, 15) is 4.79 Å². The van der Waals surface area contributed by atoms with Gasteiger partial charge >= 0.3 is 0 Å². The Morgan fingerprint density at radius 1 is 1.28 bits per heavy atom. The molecular formula is C13H13N3O2. The Morgan fingerprint density at radius 3 is 2.67 bits per heavy atom. The molecule has 1 aromatic heterocycles. The van der Waals surface area contributed by atoms with Crippen LogP contribution in [-0.2, 0) is 6.54 Å². The number of aromatic nitrogens is 1. The number of phenols is 1. The van der Waals surface area contributed by atoms with E-state index in [4.69, 9.17) is 10.8 Å². The summed E-state index contributed by atoms with van der Waals surface area (Å²) in [6, 6.07) is 10.1. The first-order chi connectivity index (χ1) is 8.66. The standard InChI is InChI=1S/C13H13N3O2/c14-12(18)11-2-1-7-15-13(11)16-8-9-3-5-10(17)6-4-9/h1-7,17H,8H2,(H2,14,18)(H,15,16). The Labute approximate surface area is 104 Å². The largest absolute Gasteiger partial charge is 0.508 e. The van der Waals surface area contributed by atoms with Gasteiger partial charge in [-0.25, -0.2) is 4.98 Å². The lowest BCUT2D eigenvalue weighted by molar-refractivity contribution is 0.100. The van der Waals surface area contributed by atoms with Crippen molar-refractivity contribution in [3.63, 3.8) is 0 Å². The highest BCUT2D eigenvalue weighted by molar-refractivity contribution is 5.97. The predicted octanol–water partition coefficient (Wildman–Crippen LogP) is 1.50. The zero-order valence-corrected chi connectivity index (χ0v) is 9.63. The average Bonchev–Trinajstić information content (AvgIpc) is 2.38. The lowest BCUT2D eigenvalue weighted by Crippen LogP contribution is -2.15. The molecule has 0 saturated heterocycles. The molecule has 0 atom stereocenters. The summed E-state index contributed by atoms with van der Waals surface area (Å²) in [5.74, 6) is 0.156. The van der Waals surface area contributed by atoms with Crippen molar-refractivity contribution in [3.05, 3.63) is 53.7 Å². The van der Waals surface area contributed by atoms with Gasteiger partial charge in [0.25, 0.3) is 5.91 Å². The summed E-state index contributed by atoms with van der Waals surface area (Å²) in [6.07, 6.45) is 1.59. The van der Waals surface area contributed by atoms with E-state index in [1.54, 1.807) is 42.6 Å². The van der Waals surface area contributed by atoms with Gasteiger partial charge in [0.05, 0.1) is 5.56 Å². The van der Waals surface area contributed by atoms with Crippen LogP contribution >= 0.6 is 0 Å². The van der Waals surface area contributed by atoms with Gasteiger partial charge in [-0.15, -0.1) is 0 Å². The first kappa shape index (κ1) is 11.9. The van der Waals surface area contributed by atoms with Gasteiger partial charge in [-0.2, -0.15) is 0 Å². The van der Waals surface area contributed by atoms with Crippen LogP contribution in [0, 0.1) is 0 Å². The van der Waals surface area contributed by atoms with Crippen molar-refractivity contribution in [1.29, 1.82) is 0 Å². The molecule has 2 aromatic rings. The molecule has 0 aliphatic carbocycles. The maximum Gasteiger partial charge on any atom is 0.252 e. The number of anilines is 1. The molecule has 0 radical (unpaired) electrons. The maximum atomic E-state index is 11.2. The summed E-state index contributed by atoms with van der Waals surface area (Å²) in [6.45, 7) is 0.498. The fraction of sp³-hybridized carbons (Fsp3) is 0.0769. The highest BCUT2D eigenvalue weighted by Crippen LogP contribution is 2.14. The van der Waals surface area contributed by atoms with Gasteiger partial charge in [0.2, 0.25) is 0 Å². The third-order valence-corrected chi connectivity index (χ3v) is 2.47. The van der Waals surface area contributed by atoms with Crippen LogP contribution in [0.4, 0.5) is 5.82 Å². The summed E-state index contributed by atoms with van der Waals surface area (Å²) >= 11 is 0. The second-order valence-electron chi connectivity index (χ2n) is 3.78. The number of aromatic hydroxyl groups is 1. The lowest BCUT2D eigenvalue weighted by Gasteiger charge is -2.08. The van der Waals surface area contributed by atoms with E-state index in [-0.39, 0.29) is 5.75 Å². The normalized spacial score (nSPS) is 10.0. The SMILES string of the molecule is NC(=O)c1cccnc1NCc1ccc(O)cc1. The van der Waals surface area contributed by atoms with Crippen LogP contribution in [0.2, 0.25) is 0 Å². The molecule has 1 heterocycles. The smallest absolute Gasteiger partial charge is 0.252 e. The van der Waals surface area contributed by atoms with Gasteiger partial charge in [-0.3, -0.25) is 4.79 Å². The van der Waals surface area contributed by atoms with Crippen LogP contribution in [-0.4, -0.2) is 16.0 Å². The van der Waals surface area contributed by atoms with Crippen LogP contribution < -0.4 is 11.1 Å². The summed E-state index contributed by atoms with van der Waals surface area (Å²) in [7, 11) is 0. The third-order valence-electron chi connectivity index (χ3n) is 2.47. The number of rotatable bonds is 4. The van der Waals surface area contributed by atoms with Gasteiger partial charge in [0, 0.05) is 12.7 Å². The highest BCUT2D eigenvalue weighted by Gasteiger charge is 2.07. The summed E-state index contributed by atoms with van der Waals surface area (Å²) < 4.78 is 0. The van der Waals surface area contributed by atoms with Gasteiger partial charge in [-0.1, -0.05) is 12.1 Å².